The van der Waals surface area contributed by atoms with Gasteiger partial charge in [0.25, 0.3) is 5.91 Å². The third kappa shape index (κ3) is 2.77. The highest BCUT2D eigenvalue weighted by molar-refractivity contribution is 5.95. The maximum atomic E-state index is 12.2. The number of benzene rings is 1. The molecule has 2 heterocycles. The molecule has 0 saturated heterocycles. The average Bonchev–Trinajstić information content (AvgIpc) is 2.83. The van der Waals surface area contributed by atoms with E-state index in [4.69, 9.17) is 0 Å². The molecule has 0 saturated carbocycles. The Morgan fingerprint density at radius 1 is 1.48 bits per heavy atom. The predicted molar refractivity (Wildman–Crippen MR) is 82.4 cm³/mol. The Labute approximate surface area is 124 Å². The maximum absolute atomic E-state index is 12.2. The molecule has 0 unspecified atom stereocenters. The molecule has 0 bridgehead atoms. The highest BCUT2D eigenvalue weighted by Crippen LogP contribution is 2.25. The molecule has 1 aromatic heterocycles. The van der Waals surface area contributed by atoms with Crippen LogP contribution >= 0.6 is 0 Å². The zero-order valence-electron chi connectivity index (χ0n) is 12.4. The molecule has 5 nitrogen and oxygen atoms in total. The molecule has 2 N–H and O–H groups in total. The standard InChI is InChI=1S/C16H20N4O/c1-11-14(10-20(2)19-11)16(21)18-9-13-6-3-5-12-7-4-8-17-15(12)13/h3,5-6,10,17H,4,7-9H2,1-2H3,(H,18,21). The first-order valence-corrected chi connectivity index (χ1v) is 7.28. The summed E-state index contributed by atoms with van der Waals surface area (Å²) < 4.78 is 1.66. The highest BCUT2D eigenvalue weighted by Gasteiger charge is 2.15. The molecule has 0 spiro atoms. The number of carbonyl (C=O) groups is 1. The molecule has 1 aliphatic heterocycles. The van der Waals surface area contributed by atoms with Gasteiger partial charge < -0.3 is 10.6 Å². The van der Waals surface area contributed by atoms with Crippen LogP contribution in [0.2, 0.25) is 0 Å². The maximum Gasteiger partial charge on any atom is 0.255 e. The van der Waals surface area contributed by atoms with Gasteiger partial charge in [-0.05, 0) is 30.9 Å². The summed E-state index contributed by atoms with van der Waals surface area (Å²) in [5, 5.41) is 10.6. The van der Waals surface area contributed by atoms with Crippen molar-refractivity contribution in [3.05, 3.63) is 46.8 Å². The van der Waals surface area contributed by atoms with Crippen molar-refractivity contribution >= 4 is 11.6 Å². The van der Waals surface area contributed by atoms with Crippen LogP contribution in [0.15, 0.2) is 24.4 Å². The summed E-state index contributed by atoms with van der Waals surface area (Å²) >= 11 is 0. The minimum absolute atomic E-state index is 0.0750. The summed E-state index contributed by atoms with van der Waals surface area (Å²) in [5.41, 5.74) is 5.05. The van der Waals surface area contributed by atoms with Gasteiger partial charge in [-0.15, -0.1) is 0 Å². The van der Waals surface area contributed by atoms with Gasteiger partial charge in [-0.1, -0.05) is 18.2 Å². The third-order valence-electron chi connectivity index (χ3n) is 3.86. The lowest BCUT2D eigenvalue weighted by Gasteiger charge is -2.21. The van der Waals surface area contributed by atoms with Gasteiger partial charge in [0.15, 0.2) is 0 Å². The van der Waals surface area contributed by atoms with Gasteiger partial charge in [-0.3, -0.25) is 9.48 Å². The molecule has 0 atom stereocenters. The van der Waals surface area contributed by atoms with Gasteiger partial charge in [0.1, 0.15) is 0 Å². The number of aromatic nitrogens is 2. The second kappa shape index (κ2) is 5.60. The number of fused-ring (bicyclic) bond motifs is 1. The number of hydrogen-bond acceptors (Lipinski definition) is 3. The van der Waals surface area contributed by atoms with Crippen molar-refractivity contribution < 1.29 is 4.79 Å². The fraction of sp³-hybridized carbons (Fsp3) is 0.375. The summed E-state index contributed by atoms with van der Waals surface area (Å²) in [6.45, 7) is 3.38. The van der Waals surface area contributed by atoms with E-state index in [0.29, 0.717) is 12.1 Å². The SMILES string of the molecule is Cc1nn(C)cc1C(=O)NCc1cccc2c1NCCC2. The third-order valence-corrected chi connectivity index (χ3v) is 3.86. The lowest BCUT2D eigenvalue weighted by Crippen LogP contribution is -2.24. The lowest BCUT2D eigenvalue weighted by molar-refractivity contribution is 0.0950. The van der Waals surface area contributed by atoms with E-state index in [0.717, 1.165) is 30.6 Å². The zero-order chi connectivity index (χ0) is 14.8. The van der Waals surface area contributed by atoms with Crippen LogP contribution in [0.5, 0.6) is 0 Å². The molecule has 110 valence electrons. The first kappa shape index (κ1) is 13.7. The summed E-state index contributed by atoms with van der Waals surface area (Å²) in [5.74, 6) is -0.0750. The van der Waals surface area contributed by atoms with Crippen LogP contribution in [0.4, 0.5) is 5.69 Å². The molecule has 21 heavy (non-hydrogen) atoms. The average molecular weight is 284 g/mol. The summed E-state index contributed by atoms with van der Waals surface area (Å²) in [6, 6.07) is 6.27. The number of amides is 1. The van der Waals surface area contributed by atoms with E-state index in [9.17, 15) is 4.79 Å². The molecule has 1 aromatic carbocycles. The number of nitrogens with zero attached hydrogens (tertiary/aromatic N) is 2. The van der Waals surface area contributed by atoms with Crippen molar-refractivity contribution in [2.75, 3.05) is 11.9 Å². The van der Waals surface area contributed by atoms with E-state index in [2.05, 4.69) is 33.9 Å². The second-order valence-corrected chi connectivity index (χ2v) is 5.47. The van der Waals surface area contributed by atoms with Crippen LogP contribution < -0.4 is 10.6 Å². The van der Waals surface area contributed by atoms with Crippen molar-refractivity contribution in [1.82, 2.24) is 15.1 Å². The minimum atomic E-state index is -0.0750. The molecule has 0 radical (unpaired) electrons. The number of nitrogens with one attached hydrogen (secondary N) is 2. The molecular formula is C16H20N4O. The van der Waals surface area contributed by atoms with Crippen LogP contribution in [0.25, 0.3) is 0 Å². The van der Waals surface area contributed by atoms with Crippen molar-refractivity contribution in [2.45, 2.75) is 26.3 Å². The fourth-order valence-corrected chi connectivity index (χ4v) is 2.82. The van der Waals surface area contributed by atoms with Gasteiger partial charge in [0, 0.05) is 32.0 Å². The van der Waals surface area contributed by atoms with Crippen molar-refractivity contribution in [1.29, 1.82) is 0 Å². The molecule has 0 fully saturated rings. The number of carbonyl (C=O) groups excluding carboxylic acids is 1. The Morgan fingerprint density at radius 2 is 2.33 bits per heavy atom. The molecule has 1 aliphatic rings. The zero-order valence-corrected chi connectivity index (χ0v) is 12.4. The number of rotatable bonds is 3. The van der Waals surface area contributed by atoms with Crippen LogP contribution in [-0.4, -0.2) is 22.2 Å². The second-order valence-electron chi connectivity index (χ2n) is 5.47. The number of para-hydroxylation sites is 1. The minimum Gasteiger partial charge on any atom is -0.385 e. The van der Waals surface area contributed by atoms with Crippen LogP contribution in [0, 0.1) is 6.92 Å². The van der Waals surface area contributed by atoms with Gasteiger partial charge in [-0.25, -0.2) is 0 Å². The van der Waals surface area contributed by atoms with E-state index < -0.39 is 0 Å². The first-order valence-electron chi connectivity index (χ1n) is 7.28. The normalized spacial score (nSPS) is 13.4. The van der Waals surface area contributed by atoms with Crippen molar-refractivity contribution in [3.63, 3.8) is 0 Å². The smallest absolute Gasteiger partial charge is 0.255 e. The number of anilines is 1. The van der Waals surface area contributed by atoms with Crippen LogP contribution in [0.1, 0.15) is 33.6 Å². The van der Waals surface area contributed by atoms with E-state index in [-0.39, 0.29) is 5.91 Å². The Bertz CT molecular complexity index is 675. The summed E-state index contributed by atoms with van der Waals surface area (Å²) in [6.07, 6.45) is 4.02. The molecule has 0 aliphatic carbocycles. The van der Waals surface area contributed by atoms with E-state index in [1.807, 2.05) is 14.0 Å². The predicted octanol–water partition coefficient (Wildman–Crippen LogP) is 2.02. The first-order chi connectivity index (χ1) is 10.1. The van der Waals surface area contributed by atoms with Crippen molar-refractivity contribution in [3.8, 4) is 0 Å². The Hall–Kier alpha value is -2.30. The van der Waals surface area contributed by atoms with Gasteiger partial charge in [0.2, 0.25) is 0 Å². The molecule has 2 aromatic rings. The van der Waals surface area contributed by atoms with Gasteiger partial charge >= 0.3 is 0 Å². The summed E-state index contributed by atoms with van der Waals surface area (Å²) in [4.78, 5) is 12.2. The quantitative estimate of drug-likeness (QED) is 0.906. The van der Waals surface area contributed by atoms with Gasteiger partial charge in [0.05, 0.1) is 11.3 Å². The topological polar surface area (TPSA) is 59.0 Å². The number of aryl methyl sites for hydroxylation is 3. The molecule has 3 rings (SSSR count). The fourth-order valence-electron chi connectivity index (χ4n) is 2.82. The monoisotopic (exact) mass is 284 g/mol. The Morgan fingerprint density at radius 3 is 3.10 bits per heavy atom. The largest absolute Gasteiger partial charge is 0.385 e. The Balaban J connectivity index is 1.73. The van der Waals surface area contributed by atoms with Crippen molar-refractivity contribution in [2.24, 2.45) is 7.05 Å². The molecular weight excluding hydrogens is 264 g/mol. The van der Waals surface area contributed by atoms with Crippen LogP contribution in [-0.2, 0) is 20.0 Å². The van der Waals surface area contributed by atoms with E-state index >= 15 is 0 Å². The highest BCUT2D eigenvalue weighted by atomic mass is 16.1. The molecule has 1 amide bonds. The van der Waals surface area contributed by atoms with Gasteiger partial charge in [-0.2, -0.15) is 5.10 Å². The number of hydrogen-bond donors (Lipinski definition) is 2. The summed E-state index contributed by atoms with van der Waals surface area (Å²) in [7, 11) is 1.82. The molecule has 5 heteroatoms. The Kier molecular flexibility index (Phi) is 3.64. The van der Waals surface area contributed by atoms with E-state index in [1.165, 1.54) is 11.3 Å². The lowest BCUT2D eigenvalue weighted by atomic mass is 9.99. The van der Waals surface area contributed by atoms with Crippen LogP contribution in [0.3, 0.4) is 0 Å². The van der Waals surface area contributed by atoms with E-state index in [1.54, 1.807) is 10.9 Å².